The second-order valence-corrected chi connectivity index (χ2v) is 6.72. The van der Waals surface area contributed by atoms with Crippen LogP contribution in [0.2, 0.25) is 0 Å². The van der Waals surface area contributed by atoms with E-state index in [4.69, 9.17) is 4.74 Å². The van der Waals surface area contributed by atoms with Crippen molar-refractivity contribution in [2.75, 3.05) is 5.32 Å². The first kappa shape index (κ1) is 18.6. The van der Waals surface area contributed by atoms with Gasteiger partial charge in [0.25, 0.3) is 5.91 Å². The molecule has 0 fully saturated rings. The lowest BCUT2D eigenvalue weighted by Crippen LogP contribution is -2.13. The Balaban J connectivity index is 1.62. The van der Waals surface area contributed by atoms with Crippen molar-refractivity contribution in [2.45, 2.75) is 40.3 Å². The fourth-order valence-corrected chi connectivity index (χ4v) is 2.71. The summed E-state index contributed by atoms with van der Waals surface area (Å²) in [5, 5.41) is 14.5. The molecule has 3 rings (SSSR count). The van der Waals surface area contributed by atoms with E-state index in [9.17, 15) is 4.79 Å². The smallest absolute Gasteiger partial charge is 0.255 e. The number of aryl methyl sites for hydroxylation is 2. The summed E-state index contributed by atoms with van der Waals surface area (Å²) in [6.07, 6.45) is 0. The third-order valence-corrected chi connectivity index (χ3v) is 4.16. The van der Waals surface area contributed by atoms with Crippen LogP contribution in [0.4, 0.5) is 5.69 Å². The molecular weight excluding hydrogens is 342 g/mol. The summed E-state index contributed by atoms with van der Waals surface area (Å²) < 4.78 is 7.45. The van der Waals surface area contributed by atoms with Crippen LogP contribution in [0, 0.1) is 13.8 Å². The van der Waals surface area contributed by atoms with Gasteiger partial charge in [0.1, 0.15) is 12.4 Å². The van der Waals surface area contributed by atoms with Gasteiger partial charge in [-0.3, -0.25) is 4.79 Å². The van der Waals surface area contributed by atoms with Gasteiger partial charge in [-0.2, -0.15) is 0 Å². The Labute approximate surface area is 158 Å². The molecule has 0 aliphatic rings. The Morgan fingerprint density at radius 3 is 2.56 bits per heavy atom. The molecule has 3 aromatic rings. The average Bonchev–Trinajstić information content (AvgIpc) is 3.11. The van der Waals surface area contributed by atoms with E-state index >= 15 is 0 Å². The molecular formula is C20H23N5O2. The van der Waals surface area contributed by atoms with Crippen LogP contribution in [-0.4, -0.2) is 26.1 Å². The SMILES string of the molecule is Cc1ccc(NC(=O)c2ccc(OCc3nnnn3C(C)C)cc2)c(C)c1. The number of hydrogen-bond donors (Lipinski definition) is 1. The number of nitrogens with zero attached hydrogens (tertiary/aromatic N) is 4. The number of rotatable bonds is 6. The molecule has 0 bridgehead atoms. The van der Waals surface area contributed by atoms with E-state index < -0.39 is 0 Å². The van der Waals surface area contributed by atoms with E-state index in [0.29, 0.717) is 17.1 Å². The van der Waals surface area contributed by atoms with Crippen LogP contribution < -0.4 is 10.1 Å². The molecule has 0 atom stereocenters. The quantitative estimate of drug-likeness (QED) is 0.720. The number of anilines is 1. The molecule has 1 heterocycles. The van der Waals surface area contributed by atoms with Crippen molar-refractivity contribution in [3.8, 4) is 5.75 Å². The number of benzene rings is 2. The van der Waals surface area contributed by atoms with Gasteiger partial charge >= 0.3 is 0 Å². The van der Waals surface area contributed by atoms with Crippen LogP contribution in [0.1, 0.15) is 47.2 Å². The Morgan fingerprint density at radius 1 is 1.15 bits per heavy atom. The highest BCUT2D eigenvalue weighted by molar-refractivity contribution is 6.04. The standard InChI is InChI=1S/C20H23N5O2/c1-13(2)25-19(22-23-24-25)12-27-17-8-6-16(7-9-17)20(26)21-18-10-5-14(3)11-15(18)4/h5-11,13H,12H2,1-4H3,(H,21,26). The van der Waals surface area contributed by atoms with E-state index in [1.807, 2.05) is 45.9 Å². The van der Waals surface area contributed by atoms with Crippen LogP contribution in [-0.2, 0) is 6.61 Å². The van der Waals surface area contributed by atoms with Crippen molar-refractivity contribution in [1.29, 1.82) is 0 Å². The molecule has 0 aliphatic carbocycles. The molecule has 140 valence electrons. The summed E-state index contributed by atoms with van der Waals surface area (Å²) in [7, 11) is 0. The van der Waals surface area contributed by atoms with Crippen molar-refractivity contribution in [1.82, 2.24) is 20.2 Å². The molecule has 0 unspecified atom stereocenters. The maximum atomic E-state index is 12.4. The minimum absolute atomic E-state index is 0.155. The molecule has 7 heteroatoms. The molecule has 0 saturated carbocycles. The predicted octanol–water partition coefficient (Wildman–Crippen LogP) is 3.70. The molecule has 0 radical (unpaired) electrons. The van der Waals surface area contributed by atoms with Crippen molar-refractivity contribution in [3.63, 3.8) is 0 Å². The number of carbonyl (C=O) groups is 1. The molecule has 7 nitrogen and oxygen atoms in total. The monoisotopic (exact) mass is 365 g/mol. The highest BCUT2D eigenvalue weighted by Gasteiger charge is 2.11. The number of nitrogens with one attached hydrogen (secondary N) is 1. The zero-order chi connectivity index (χ0) is 19.4. The Bertz CT molecular complexity index is 932. The Kier molecular flexibility index (Phi) is 5.49. The molecule has 0 spiro atoms. The number of amides is 1. The third kappa shape index (κ3) is 4.49. The first-order valence-corrected chi connectivity index (χ1v) is 8.82. The highest BCUT2D eigenvalue weighted by atomic mass is 16.5. The van der Waals surface area contributed by atoms with Gasteiger partial charge in [0.2, 0.25) is 0 Å². The van der Waals surface area contributed by atoms with E-state index in [1.54, 1.807) is 28.9 Å². The van der Waals surface area contributed by atoms with Crippen LogP contribution in [0.3, 0.4) is 0 Å². The van der Waals surface area contributed by atoms with Crippen molar-refractivity contribution < 1.29 is 9.53 Å². The van der Waals surface area contributed by atoms with Crippen molar-refractivity contribution in [3.05, 3.63) is 65.0 Å². The second-order valence-electron chi connectivity index (χ2n) is 6.72. The summed E-state index contributed by atoms with van der Waals surface area (Å²) in [5.74, 6) is 1.15. The number of tetrazole rings is 1. The Morgan fingerprint density at radius 2 is 1.89 bits per heavy atom. The second kappa shape index (κ2) is 7.99. The summed E-state index contributed by atoms with van der Waals surface area (Å²) in [5.41, 5.74) is 3.57. The van der Waals surface area contributed by atoms with Crippen LogP contribution in [0.25, 0.3) is 0 Å². The zero-order valence-corrected chi connectivity index (χ0v) is 15.9. The van der Waals surface area contributed by atoms with Gasteiger partial charge in [-0.05, 0) is 74.0 Å². The number of ether oxygens (including phenoxy) is 1. The maximum absolute atomic E-state index is 12.4. The summed E-state index contributed by atoms with van der Waals surface area (Å²) in [4.78, 5) is 12.4. The summed E-state index contributed by atoms with van der Waals surface area (Å²) in [6, 6.07) is 13.1. The molecule has 1 N–H and O–H groups in total. The van der Waals surface area contributed by atoms with Gasteiger partial charge < -0.3 is 10.1 Å². The summed E-state index contributed by atoms with van der Waals surface area (Å²) >= 11 is 0. The summed E-state index contributed by atoms with van der Waals surface area (Å²) in [6.45, 7) is 8.27. The largest absolute Gasteiger partial charge is 0.486 e. The zero-order valence-electron chi connectivity index (χ0n) is 15.9. The van der Waals surface area contributed by atoms with Gasteiger partial charge in [-0.25, -0.2) is 4.68 Å². The lowest BCUT2D eigenvalue weighted by Gasteiger charge is -2.11. The molecule has 27 heavy (non-hydrogen) atoms. The maximum Gasteiger partial charge on any atom is 0.255 e. The van der Waals surface area contributed by atoms with Crippen LogP contribution in [0.5, 0.6) is 5.75 Å². The van der Waals surface area contributed by atoms with Gasteiger partial charge in [0, 0.05) is 11.3 Å². The minimum Gasteiger partial charge on any atom is -0.486 e. The molecule has 0 saturated heterocycles. The molecule has 1 aromatic heterocycles. The third-order valence-electron chi connectivity index (χ3n) is 4.16. The van der Waals surface area contributed by atoms with E-state index in [1.165, 1.54) is 0 Å². The first-order chi connectivity index (χ1) is 12.9. The number of carbonyl (C=O) groups excluding carboxylic acids is 1. The lowest BCUT2D eigenvalue weighted by atomic mass is 10.1. The average molecular weight is 365 g/mol. The predicted molar refractivity (Wildman–Crippen MR) is 103 cm³/mol. The van der Waals surface area contributed by atoms with E-state index in [-0.39, 0.29) is 18.6 Å². The molecule has 2 aromatic carbocycles. The molecule has 1 amide bonds. The topological polar surface area (TPSA) is 81.9 Å². The number of hydrogen-bond acceptors (Lipinski definition) is 5. The fraction of sp³-hybridized carbons (Fsp3) is 0.300. The van der Waals surface area contributed by atoms with Crippen molar-refractivity contribution in [2.24, 2.45) is 0 Å². The minimum atomic E-state index is -0.155. The van der Waals surface area contributed by atoms with E-state index in [2.05, 4.69) is 20.8 Å². The van der Waals surface area contributed by atoms with Gasteiger partial charge in [0.05, 0.1) is 6.04 Å². The molecule has 0 aliphatic heterocycles. The van der Waals surface area contributed by atoms with Gasteiger partial charge in [-0.1, -0.05) is 17.7 Å². The fourth-order valence-electron chi connectivity index (χ4n) is 2.71. The highest BCUT2D eigenvalue weighted by Crippen LogP contribution is 2.19. The first-order valence-electron chi connectivity index (χ1n) is 8.82. The van der Waals surface area contributed by atoms with Crippen LogP contribution >= 0.6 is 0 Å². The Hall–Kier alpha value is -3.22. The van der Waals surface area contributed by atoms with E-state index in [0.717, 1.165) is 16.8 Å². The number of aromatic nitrogens is 4. The van der Waals surface area contributed by atoms with Gasteiger partial charge in [-0.15, -0.1) is 5.10 Å². The van der Waals surface area contributed by atoms with Crippen molar-refractivity contribution >= 4 is 11.6 Å². The normalized spacial score (nSPS) is 10.9. The lowest BCUT2D eigenvalue weighted by molar-refractivity contribution is 0.102. The van der Waals surface area contributed by atoms with Gasteiger partial charge in [0.15, 0.2) is 5.82 Å². The van der Waals surface area contributed by atoms with Crippen LogP contribution in [0.15, 0.2) is 42.5 Å².